The summed E-state index contributed by atoms with van der Waals surface area (Å²) >= 11 is 0. The number of para-hydroxylation sites is 2. The monoisotopic (exact) mass is 392 g/mol. The molecule has 0 spiro atoms. The van der Waals surface area contributed by atoms with Crippen molar-refractivity contribution in [1.29, 1.82) is 0 Å². The summed E-state index contributed by atoms with van der Waals surface area (Å²) in [5, 5.41) is 4.87. The number of pyridine rings is 1. The van der Waals surface area contributed by atoms with Crippen LogP contribution in [0.4, 0.5) is 0 Å². The second-order valence-electron chi connectivity index (χ2n) is 7.24. The van der Waals surface area contributed by atoms with Crippen molar-refractivity contribution in [2.24, 2.45) is 0 Å². The smallest absolute Gasteiger partial charge is 0.270 e. The van der Waals surface area contributed by atoms with Gasteiger partial charge in [-0.2, -0.15) is 0 Å². The predicted octanol–water partition coefficient (Wildman–Crippen LogP) is 4.56. The summed E-state index contributed by atoms with van der Waals surface area (Å²) in [5.41, 5.74) is 4.76. The van der Waals surface area contributed by atoms with Crippen LogP contribution in [0.25, 0.3) is 21.8 Å². The van der Waals surface area contributed by atoms with Crippen molar-refractivity contribution in [2.45, 2.75) is 13.1 Å². The topological polar surface area (TPSA) is 59.8 Å². The van der Waals surface area contributed by atoms with Gasteiger partial charge in [-0.1, -0.05) is 60.7 Å². The Labute approximate surface area is 174 Å². The fourth-order valence-electron chi connectivity index (χ4n) is 3.74. The molecule has 3 aromatic carbocycles. The van der Waals surface area contributed by atoms with Crippen LogP contribution >= 0.6 is 0 Å². The van der Waals surface area contributed by atoms with E-state index in [-0.39, 0.29) is 5.91 Å². The van der Waals surface area contributed by atoms with Gasteiger partial charge in [-0.3, -0.25) is 9.78 Å². The highest BCUT2D eigenvalue weighted by Crippen LogP contribution is 2.17. The fraction of sp³-hybridized carbons (Fsp3) is 0.0800. The van der Waals surface area contributed by atoms with Gasteiger partial charge in [0.15, 0.2) is 0 Å². The molecular formula is C25H20N4O. The third-order valence-corrected chi connectivity index (χ3v) is 5.21. The lowest BCUT2D eigenvalue weighted by Gasteiger charge is -2.09. The number of imidazole rings is 1. The molecule has 5 heteroatoms. The summed E-state index contributed by atoms with van der Waals surface area (Å²) in [4.78, 5) is 21.5. The van der Waals surface area contributed by atoms with Gasteiger partial charge in [-0.25, -0.2) is 4.98 Å². The average Bonchev–Trinajstić information content (AvgIpc) is 3.20. The highest BCUT2D eigenvalue weighted by Gasteiger charge is 2.11. The molecule has 2 aromatic heterocycles. The van der Waals surface area contributed by atoms with Crippen LogP contribution in [0.3, 0.4) is 0 Å². The minimum absolute atomic E-state index is 0.169. The summed E-state index contributed by atoms with van der Waals surface area (Å²) in [6, 6.07) is 26.0. The van der Waals surface area contributed by atoms with Gasteiger partial charge in [0.25, 0.3) is 5.91 Å². The first-order valence-electron chi connectivity index (χ1n) is 9.87. The summed E-state index contributed by atoms with van der Waals surface area (Å²) in [5.74, 6) is -0.169. The number of fused-ring (bicyclic) bond motifs is 2. The number of carbonyl (C=O) groups is 1. The molecule has 5 nitrogen and oxygen atoms in total. The summed E-state index contributed by atoms with van der Waals surface area (Å²) in [6.45, 7) is 1.18. The van der Waals surface area contributed by atoms with Crippen LogP contribution in [0.5, 0.6) is 0 Å². The molecule has 0 unspecified atom stereocenters. The molecule has 0 aliphatic rings. The SMILES string of the molecule is O=C(NCc1cccc(Cn2cnc3ccccc32)c1)c1nccc2ccccc12. The molecule has 2 heterocycles. The number of hydrogen-bond donors (Lipinski definition) is 1. The van der Waals surface area contributed by atoms with Crippen LogP contribution in [0.15, 0.2) is 91.4 Å². The van der Waals surface area contributed by atoms with Gasteiger partial charge in [0, 0.05) is 24.7 Å². The molecule has 0 fully saturated rings. The molecule has 146 valence electrons. The van der Waals surface area contributed by atoms with E-state index >= 15 is 0 Å². The van der Waals surface area contributed by atoms with Gasteiger partial charge < -0.3 is 9.88 Å². The van der Waals surface area contributed by atoms with Gasteiger partial charge in [0.05, 0.1) is 17.4 Å². The van der Waals surface area contributed by atoms with Crippen LogP contribution in [-0.2, 0) is 13.1 Å². The molecule has 1 N–H and O–H groups in total. The van der Waals surface area contributed by atoms with Crippen molar-refractivity contribution in [3.63, 3.8) is 0 Å². The molecule has 5 aromatic rings. The maximum absolute atomic E-state index is 12.7. The molecule has 30 heavy (non-hydrogen) atoms. The molecule has 5 rings (SSSR count). The molecule has 1 amide bonds. The van der Waals surface area contributed by atoms with E-state index in [1.807, 2.05) is 67.0 Å². The zero-order valence-electron chi connectivity index (χ0n) is 16.3. The number of benzene rings is 3. The van der Waals surface area contributed by atoms with Crippen LogP contribution < -0.4 is 5.32 Å². The Morgan fingerprint density at radius 2 is 1.70 bits per heavy atom. The Balaban J connectivity index is 1.32. The van der Waals surface area contributed by atoms with Crippen molar-refractivity contribution < 1.29 is 4.79 Å². The molecule has 0 aliphatic carbocycles. The van der Waals surface area contributed by atoms with Gasteiger partial charge in [-0.15, -0.1) is 0 Å². The Hall–Kier alpha value is -3.99. The number of hydrogen-bond acceptors (Lipinski definition) is 3. The number of nitrogens with zero attached hydrogens (tertiary/aromatic N) is 3. The first-order chi connectivity index (χ1) is 14.8. The highest BCUT2D eigenvalue weighted by atomic mass is 16.1. The number of rotatable bonds is 5. The highest BCUT2D eigenvalue weighted by molar-refractivity contribution is 6.05. The molecule has 0 bridgehead atoms. The van der Waals surface area contributed by atoms with Crippen LogP contribution in [0, 0.1) is 0 Å². The lowest BCUT2D eigenvalue weighted by molar-refractivity contribution is 0.0948. The van der Waals surface area contributed by atoms with E-state index in [0.717, 1.165) is 39.5 Å². The van der Waals surface area contributed by atoms with Gasteiger partial charge in [-0.05, 0) is 34.7 Å². The fourth-order valence-corrected chi connectivity index (χ4v) is 3.74. The molecule has 0 saturated carbocycles. The van der Waals surface area contributed by atoms with Crippen LogP contribution in [-0.4, -0.2) is 20.4 Å². The first kappa shape index (κ1) is 18.1. The van der Waals surface area contributed by atoms with E-state index in [1.165, 1.54) is 0 Å². The van der Waals surface area contributed by atoms with Crippen LogP contribution in [0.2, 0.25) is 0 Å². The van der Waals surface area contributed by atoms with Gasteiger partial charge in [0.2, 0.25) is 0 Å². The Morgan fingerprint density at radius 1 is 0.867 bits per heavy atom. The van der Waals surface area contributed by atoms with Crippen LogP contribution in [0.1, 0.15) is 21.6 Å². The normalized spacial score (nSPS) is 11.1. The maximum atomic E-state index is 12.7. The van der Waals surface area contributed by atoms with Crippen molar-refractivity contribution in [3.05, 3.63) is 108 Å². The maximum Gasteiger partial charge on any atom is 0.270 e. The van der Waals surface area contributed by atoms with E-state index in [9.17, 15) is 4.79 Å². The van der Waals surface area contributed by atoms with Crippen molar-refractivity contribution in [3.8, 4) is 0 Å². The number of amides is 1. The zero-order valence-corrected chi connectivity index (χ0v) is 16.3. The summed E-state index contributed by atoms with van der Waals surface area (Å²) in [6.07, 6.45) is 3.54. The number of carbonyl (C=O) groups excluding carboxylic acids is 1. The lowest BCUT2D eigenvalue weighted by Crippen LogP contribution is -2.24. The third-order valence-electron chi connectivity index (χ3n) is 5.21. The number of aromatic nitrogens is 3. The van der Waals surface area contributed by atoms with E-state index in [1.54, 1.807) is 6.20 Å². The molecule has 0 atom stereocenters. The Kier molecular flexibility index (Phi) is 4.69. The minimum Gasteiger partial charge on any atom is -0.347 e. The van der Waals surface area contributed by atoms with Crippen molar-refractivity contribution in [1.82, 2.24) is 19.9 Å². The molecule has 0 radical (unpaired) electrons. The predicted molar refractivity (Wildman–Crippen MR) is 118 cm³/mol. The lowest BCUT2D eigenvalue weighted by atomic mass is 10.1. The van der Waals surface area contributed by atoms with E-state index in [2.05, 4.69) is 38.1 Å². The molecular weight excluding hydrogens is 372 g/mol. The minimum atomic E-state index is -0.169. The third kappa shape index (κ3) is 3.53. The zero-order chi connectivity index (χ0) is 20.3. The van der Waals surface area contributed by atoms with E-state index in [0.29, 0.717) is 12.2 Å². The molecule has 0 saturated heterocycles. The molecule has 0 aliphatic heterocycles. The first-order valence-corrected chi connectivity index (χ1v) is 9.87. The quantitative estimate of drug-likeness (QED) is 0.477. The Bertz CT molecular complexity index is 1350. The largest absolute Gasteiger partial charge is 0.347 e. The second kappa shape index (κ2) is 7.79. The van der Waals surface area contributed by atoms with Crippen molar-refractivity contribution >= 4 is 27.7 Å². The van der Waals surface area contributed by atoms with Crippen molar-refractivity contribution in [2.75, 3.05) is 0 Å². The van der Waals surface area contributed by atoms with E-state index in [4.69, 9.17) is 0 Å². The number of nitrogens with one attached hydrogen (secondary N) is 1. The summed E-state index contributed by atoms with van der Waals surface area (Å²) < 4.78 is 2.13. The Morgan fingerprint density at radius 3 is 2.67 bits per heavy atom. The summed E-state index contributed by atoms with van der Waals surface area (Å²) in [7, 11) is 0. The second-order valence-corrected chi connectivity index (χ2v) is 7.24. The van der Waals surface area contributed by atoms with E-state index < -0.39 is 0 Å². The van der Waals surface area contributed by atoms with Gasteiger partial charge >= 0.3 is 0 Å². The standard InChI is InChI=1S/C25H20N4O/c30-25(24-21-9-2-1-8-20(21)12-13-26-24)27-15-18-6-5-7-19(14-18)16-29-17-28-22-10-3-4-11-23(22)29/h1-14,17H,15-16H2,(H,27,30). The average molecular weight is 392 g/mol. The van der Waals surface area contributed by atoms with Gasteiger partial charge in [0.1, 0.15) is 5.69 Å².